The van der Waals surface area contributed by atoms with E-state index in [1.54, 1.807) is 36.4 Å². The number of carbonyl (C=O) groups excluding carboxylic acids is 3. The molecule has 0 heterocycles. The van der Waals surface area contributed by atoms with Gasteiger partial charge in [0.1, 0.15) is 0 Å². The van der Waals surface area contributed by atoms with Crippen LogP contribution in [0.15, 0.2) is 42.5 Å². The van der Waals surface area contributed by atoms with E-state index in [0.717, 1.165) is 0 Å². The van der Waals surface area contributed by atoms with E-state index in [-0.39, 0.29) is 18.6 Å². The average molecular weight is 429 g/mol. The largest absolute Gasteiger partial charge is 0.453 e. The minimum absolute atomic E-state index is 0.0328. The SMILES string of the molecule is CC(OC(=O)CCC(=O)c1ccc(Cl)cc1)C(=O)Nc1cc(Cl)ccc1Cl. The smallest absolute Gasteiger partial charge is 0.307 e. The Morgan fingerprint density at radius 1 is 0.963 bits per heavy atom. The summed E-state index contributed by atoms with van der Waals surface area (Å²) in [6, 6.07) is 11.0. The molecular formula is C19H16Cl3NO4. The third-order valence-corrected chi connectivity index (χ3v) is 4.40. The van der Waals surface area contributed by atoms with Gasteiger partial charge in [-0.15, -0.1) is 0 Å². The molecule has 27 heavy (non-hydrogen) atoms. The Kier molecular flexibility index (Phi) is 7.66. The van der Waals surface area contributed by atoms with Crippen molar-refractivity contribution in [1.29, 1.82) is 0 Å². The highest BCUT2D eigenvalue weighted by molar-refractivity contribution is 6.35. The number of ketones is 1. The predicted molar refractivity (Wildman–Crippen MR) is 106 cm³/mol. The van der Waals surface area contributed by atoms with Crippen molar-refractivity contribution in [3.8, 4) is 0 Å². The lowest BCUT2D eigenvalue weighted by Crippen LogP contribution is -2.30. The van der Waals surface area contributed by atoms with Crippen molar-refractivity contribution >= 4 is 58.1 Å². The lowest BCUT2D eigenvalue weighted by atomic mass is 10.1. The number of rotatable bonds is 7. The molecule has 1 atom stereocenters. The monoisotopic (exact) mass is 427 g/mol. The molecule has 8 heteroatoms. The highest BCUT2D eigenvalue weighted by Gasteiger charge is 2.19. The van der Waals surface area contributed by atoms with Crippen molar-refractivity contribution in [2.45, 2.75) is 25.9 Å². The van der Waals surface area contributed by atoms with Gasteiger partial charge in [0.15, 0.2) is 11.9 Å². The highest BCUT2D eigenvalue weighted by atomic mass is 35.5. The van der Waals surface area contributed by atoms with Crippen LogP contribution in [0.4, 0.5) is 5.69 Å². The van der Waals surface area contributed by atoms with E-state index in [9.17, 15) is 14.4 Å². The summed E-state index contributed by atoms with van der Waals surface area (Å²) in [6.07, 6.45) is -1.23. The van der Waals surface area contributed by atoms with Gasteiger partial charge < -0.3 is 10.1 Å². The van der Waals surface area contributed by atoms with E-state index in [1.807, 2.05) is 0 Å². The average Bonchev–Trinajstić information content (AvgIpc) is 2.63. The molecular weight excluding hydrogens is 413 g/mol. The first-order chi connectivity index (χ1) is 12.8. The van der Waals surface area contributed by atoms with Gasteiger partial charge in [0.25, 0.3) is 5.91 Å². The van der Waals surface area contributed by atoms with Crippen LogP contribution in [0.1, 0.15) is 30.1 Å². The van der Waals surface area contributed by atoms with Gasteiger partial charge in [-0.25, -0.2) is 0 Å². The van der Waals surface area contributed by atoms with Crippen LogP contribution in [0.25, 0.3) is 0 Å². The maximum absolute atomic E-state index is 12.1. The van der Waals surface area contributed by atoms with Crippen molar-refractivity contribution in [1.82, 2.24) is 0 Å². The van der Waals surface area contributed by atoms with Gasteiger partial charge in [-0.2, -0.15) is 0 Å². The Morgan fingerprint density at radius 3 is 2.26 bits per heavy atom. The second kappa shape index (κ2) is 9.74. The van der Waals surface area contributed by atoms with Crippen molar-refractivity contribution < 1.29 is 19.1 Å². The van der Waals surface area contributed by atoms with Crippen LogP contribution in [0.5, 0.6) is 0 Å². The van der Waals surface area contributed by atoms with E-state index in [4.69, 9.17) is 39.5 Å². The Balaban J connectivity index is 1.83. The Labute approximate surface area is 171 Å². The zero-order valence-corrected chi connectivity index (χ0v) is 16.6. The number of hydrogen-bond acceptors (Lipinski definition) is 4. The van der Waals surface area contributed by atoms with Gasteiger partial charge in [-0.1, -0.05) is 34.8 Å². The quantitative estimate of drug-likeness (QED) is 0.487. The van der Waals surface area contributed by atoms with Crippen molar-refractivity contribution in [2.24, 2.45) is 0 Å². The van der Waals surface area contributed by atoms with Crippen LogP contribution >= 0.6 is 34.8 Å². The molecule has 2 rings (SSSR count). The first-order valence-electron chi connectivity index (χ1n) is 8.00. The van der Waals surface area contributed by atoms with Gasteiger partial charge >= 0.3 is 5.97 Å². The zero-order chi connectivity index (χ0) is 20.0. The Bertz CT molecular complexity index is 853. The molecule has 0 radical (unpaired) electrons. The molecule has 2 aromatic carbocycles. The molecule has 0 saturated carbocycles. The second-order valence-electron chi connectivity index (χ2n) is 5.68. The third-order valence-electron chi connectivity index (χ3n) is 3.59. The maximum atomic E-state index is 12.1. The van der Waals surface area contributed by atoms with Gasteiger partial charge in [0, 0.05) is 22.0 Å². The van der Waals surface area contributed by atoms with Crippen molar-refractivity contribution in [3.05, 3.63) is 63.1 Å². The molecule has 0 saturated heterocycles. The fourth-order valence-corrected chi connectivity index (χ4v) is 2.60. The number of anilines is 1. The molecule has 0 aliphatic heterocycles. The van der Waals surface area contributed by atoms with Crippen LogP contribution in [0.2, 0.25) is 15.1 Å². The fourth-order valence-electron chi connectivity index (χ4n) is 2.13. The molecule has 0 aliphatic rings. The number of halogens is 3. The summed E-state index contributed by atoms with van der Waals surface area (Å²) >= 11 is 17.6. The lowest BCUT2D eigenvalue weighted by molar-refractivity contribution is -0.153. The van der Waals surface area contributed by atoms with E-state index >= 15 is 0 Å². The van der Waals surface area contributed by atoms with E-state index in [2.05, 4.69) is 5.32 Å². The Morgan fingerprint density at radius 2 is 1.59 bits per heavy atom. The minimum Gasteiger partial charge on any atom is -0.453 e. The summed E-state index contributed by atoms with van der Waals surface area (Å²) in [6.45, 7) is 1.42. The maximum Gasteiger partial charge on any atom is 0.307 e. The lowest BCUT2D eigenvalue weighted by Gasteiger charge is -2.14. The molecule has 1 unspecified atom stereocenters. The van der Waals surface area contributed by atoms with Crippen LogP contribution in [0.3, 0.4) is 0 Å². The number of amides is 1. The molecule has 1 N–H and O–H groups in total. The second-order valence-corrected chi connectivity index (χ2v) is 6.96. The zero-order valence-electron chi connectivity index (χ0n) is 14.3. The fraction of sp³-hybridized carbons (Fsp3) is 0.211. The first-order valence-corrected chi connectivity index (χ1v) is 9.14. The van der Waals surface area contributed by atoms with Gasteiger partial charge in [-0.3, -0.25) is 14.4 Å². The summed E-state index contributed by atoms with van der Waals surface area (Å²) < 4.78 is 5.06. The van der Waals surface area contributed by atoms with Crippen molar-refractivity contribution in [3.63, 3.8) is 0 Å². The summed E-state index contributed by atoms with van der Waals surface area (Å²) in [7, 11) is 0. The minimum atomic E-state index is -1.06. The summed E-state index contributed by atoms with van der Waals surface area (Å²) in [4.78, 5) is 36.1. The van der Waals surface area contributed by atoms with Gasteiger partial charge in [0.05, 0.1) is 17.1 Å². The molecule has 0 spiro atoms. The third kappa shape index (κ3) is 6.54. The standard InChI is InChI=1S/C19H16Cl3NO4/c1-11(19(26)23-16-10-14(21)6-7-15(16)22)27-18(25)9-8-17(24)12-2-4-13(20)5-3-12/h2-7,10-11H,8-9H2,1H3,(H,23,26). The molecule has 0 bridgehead atoms. The van der Waals surface area contributed by atoms with Gasteiger partial charge in [-0.05, 0) is 49.4 Å². The normalized spacial score (nSPS) is 11.6. The van der Waals surface area contributed by atoms with Crippen LogP contribution < -0.4 is 5.32 Å². The van der Waals surface area contributed by atoms with Crippen LogP contribution in [0, 0.1) is 0 Å². The molecule has 1 amide bonds. The highest BCUT2D eigenvalue weighted by Crippen LogP contribution is 2.25. The topological polar surface area (TPSA) is 72.5 Å². The summed E-state index contributed by atoms with van der Waals surface area (Å²) in [5.74, 6) is -1.43. The predicted octanol–water partition coefficient (Wildman–Crippen LogP) is 5.18. The van der Waals surface area contributed by atoms with E-state index in [0.29, 0.717) is 26.3 Å². The number of esters is 1. The van der Waals surface area contributed by atoms with Gasteiger partial charge in [0.2, 0.25) is 0 Å². The molecule has 2 aromatic rings. The number of hydrogen-bond donors (Lipinski definition) is 1. The Hall–Kier alpha value is -2.08. The van der Waals surface area contributed by atoms with E-state index in [1.165, 1.54) is 13.0 Å². The number of Topliss-reactive ketones (excluding diaryl/α,β-unsaturated/α-hetero) is 1. The molecule has 142 valence electrons. The van der Waals surface area contributed by atoms with Crippen LogP contribution in [-0.4, -0.2) is 23.8 Å². The van der Waals surface area contributed by atoms with Crippen LogP contribution in [-0.2, 0) is 14.3 Å². The van der Waals surface area contributed by atoms with Crippen molar-refractivity contribution in [2.75, 3.05) is 5.32 Å². The number of benzene rings is 2. The summed E-state index contributed by atoms with van der Waals surface area (Å²) in [5, 5.41) is 3.77. The number of ether oxygens (including phenoxy) is 1. The molecule has 5 nitrogen and oxygen atoms in total. The number of carbonyl (C=O) groups is 3. The molecule has 0 aromatic heterocycles. The summed E-state index contributed by atoms with van der Waals surface area (Å²) in [5.41, 5.74) is 0.767. The molecule has 0 aliphatic carbocycles. The van der Waals surface area contributed by atoms with E-state index < -0.39 is 18.0 Å². The molecule has 0 fully saturated rings. The number of nitrogens with one attached hydrogen (secondary N) is 1. The first kappa shape index (κ1) is 21.2.